The molecule has 4 aromatic carbocycles. The maximum Gasteiger partial charge on any atom is 0.163 e. The first kappa shape index (κ1) is 45.7. The number of hydrogen-bond acceptors (Lipinski definition) is 9. The molecule has 3 unspecified atom stereocenters. The Kier molecular flexibility index (Phi) is 9.94. The smallest absolute Gasteiger partial charge is 0.163 e. The van der Waals surface area contributed by atoms with Crippen LogP contribution in [-0.4, -0.2) is 61.7 Å². The highest BCUT2D eigenvalue weighted by Crippen LogP contribution is 2.45. The van der Waals surface area contributed by atoms with Gasteiger partial charge in [-0.15, -0.1) is 10.2 Å². The van der Waals surface area contributed by atoms with Crippen molar-refractivity contribution in [3.05, 3.63) is 204 Å². The number of allylic oxidation sites excluding steroid dienone is 5. The van der Waals surface area contributed by atoms with Crippen molar-refractivity contribution in [3.63, 3.8) is 0 Å². The van der Waals surface area contributed by atoms with Gasteiger partial charge in [-0.3, -0.25) is 10.4 Å². The van der Waals surface area contributed by atoms with Gasteiger partial charge in [-0.25, -0.2) is 9.97 Å². The van der Waals surface area contributed by atoms with Gasteiger partial charge in [0.2, 0.25) is 0 Å². The highest BCUT2D eigenvalue weighted by molar-refractivity contribution is 6.08. The van der Waals surface area contributed by atoms with E-state index < -0.39 is 11.0 Å². The summed E-state index contributed by atoms with van der Waals surface area (Å²) >= 11 is 0. The molecule has 1 aliphatic heterocycles. The van der Waals surface area contributed by atoms with Gasteiger partial charge in [0.15, 0.2) is 5.82 Å². The van der Waals surface area contributed by atoms with Crippen molar-refractivity contribution in [2.45, 2.75) is 50.7 Å². The fourth-order valence-electron chi connectivity index (χ4n) is 12.6. The van der Waals surface area contributed by atoms with Gasteiger partial charge in [-0.05, 0) is 134 Å². The minimum absolute atomic E-state index is 0.00888. The molecule has 1 N–H and O–H groups in total. The topological polar surface area (TPSA) is 125 Å². The van der Waals surface area contributed by atoms with E-state index in [9.17, 15) is 0 Å². The van der Waals surface area contributed by atoms with E-state index in [4.69, 9.17) is 19.4 Å². The number of pyridine rings is 3. The Balaban J connectivity index is 0.842. The number of rotatable bonds is 8. The maximum atomic E-state index is 6.66. The predicted octanol–water partition coefficient (Wildman–Crippen LogP) is 13.4. The van der Waals surface area contributed by atoms with E-state index in [-0.39, 0.29) is 6.17 Å². The molecular formula is C65H54N12O. The molecule has 0 saturated heterocycles. The second-order valence-corrected chi connectivity index (χ2v) is 21.8. The lowest BCUT2D eigenvalue weighted by Crippen LogP contribution is -2.32. The van der Waals surface area contributed by atoms with Crippen LogP contribution in [0.1, 0.15) is 60.5 Å². The molecule has 2 aliphatic carbocycles. The van der Waals surface area contributed by atoms with Crippen LogP contribution >= 0.6 is 0 Å². The fraction of sp³-hybridized carbons (Fsp3) is 0.169. The molecular weight excluding hydrogens is 965 g/mol. The zero-order valence-electron chi connectivity index (χ0n) is 44.1. The standard InChI is InChI=1S/C65H54N12O/c1-39-18-22-50(75(39)6)45-15-7-8-16-51(45)76-53-24-21-49(69-60(53)61-54(76)25-27-58(70-61)64(2)29-10-14-44(35-64)63-72-68-38-74(63)5)42-20-26-56-46(34-42)48-36-65(3,30-28-57(48)78-56)77-52-23-19-41(33-47(52)59-55(77)17-11-31-66-59)40-12-9-13-43(32-40)62-71-67-37-73(62)4/h7-28,30-35,37-38,62,71H,29,36H2,1-6H3. The molecule has 380 valence electrons. The van der Waals surface area contributed by atoms with Crippen LogP contribution in [0.15, 0.2) is 180 Å². The molecule has 0 fully saturated rings. The van der Waals surface area contributed by atoms with Crippen LogP contribution in [0.2, 0.25) is 0 Å². The van der Waals surface area contributed by atoms with Crippen molar-refractivity contribution >= 4 is 73.0 Å². The fourth-order valence-corrected chi connectivity index (χ4v) is 12.6. The molecule has 0 saturated carbocycles. The molecule has 0 spiro atoms. The van der Waals surface area contributed by atoms with E-state index in [0.717, 1.165) is 129 Å². The van der Waals surface area contributed by atoms with E-state index in [1.807, 2.05) is 37.3 Å². The molecule has 0 bridgehead atoms. The third kappa shape index (κ3) is 6.93. The van der Waals surface area contributed by atoms with Crippen molar-refractivity contribution in [2.75, 3.05) is 7.05 Å². The van der Waals surface area contributed by atoms with Crippen molar-refractivity contribution in [1.82, 2.24) is 53.7 Å². The number of benzene rings is 4. The van der Waals surface area contributed by atoms with Gasteiger partial charge < -0.3 is 27.6 Å². The van der Waals surface area contributed by atoms with Gasteiger partial charge in [0.05, 0.1) is 55.9 Å². The number of fused-ring (bicyclic) bond motifs is 9. The summed E-state index contributed by atoms with van der Waals surface area (Å²) in [5, 5.41) is 15.1. The van der Waals surface area contributed by atoms with E-state index >= 15 is 0 Å². The first-order valence-corrected chi connectivity index (χ1v) is 26.5. The summed E-state index contributed by atoms with van der Waals surface area (Å²) in [6.45, 7) is 6.73. The summed E-state index contributed by atoms with van der Waals surface area (Å²) in [5.41, 5.74) is 23.0. The Hall–Kier alpha value is -9.62. The van der Waals surface area contributed by atoms with Crippen molar-refractivity contribution in [3.8, 4) is 39.3 Å². The molecule has 13 heteroatoms. The quantitative estimate of drug-likeness (QED) is 0.160. The van der Waals surface area contributed by atoms with Crippen LogP contribution in [0.3, 0.4) is 0 Å². The zero-order chi connectivity index (χ0) is 52.6. The lowest BCUT2D eigenvalue weighted by Gasteiger charge is -2.32. The molecule has 0 radical (unpaired) electrons. The Bertz CT molecular complexity index is 4610. The van der Waals surface area contributed by atoms with Crippen molar-refractivity contribution < 1.29 is 4.42 Å². The van der Waals surface area contributed by atoms with E-state index in [1.54, 1.807) is 6.33 Å². The normalized spacial score (nSPS) is 19.0. The van der Waals surface area contributed by atoms with Crippen molar-refractivity contribution in [1.29, 1.82) is 0 Å². The molecule has 15 rings (SSSR count). The third-order valence-electron chi connectivity index (χ3n) is 16.8. The molecule has 8 aromatic heterocycles. The molecule has 0 amide bonds. The molecule has 3 atom stereocenters. The largest absolute Gasteiger partial charge is 0.456 e. The SMILES string of the molecule is Cc1ccc(-c2ccccc2-n2c3ccc(-c4ccc5oc6c(c5c4)CC(C)(n4c5ccc(-c7cccc(C8NN=CN8C)c7)cc5c5ncccc54)C=C6)nc3c3nc(C4(C)C=C(c5nncn5C)C=CC4)ccc32)n1C. The number of hydrogen-bond donors (Lipinski definition) is 1. The Morgan fingerprint density at radius 1 is 0.718 bits per heavy atom. The third-order valence-corrected chi connectivity index (χ3v) is 16.8. The minimum Gasteiger partial charge on any atom is -0.456 e. The highest BCUT2D eigenvalue weighted by atomic mass is 16.3. The average molecular weight is 1020 g/mol. The molecule has 9 heterocycles. The van der Waals surface area contributed by atoms with Gasteiger partial charge in [0.1, 0.15) is 41.2 Å². The number of furan rings is 1. The summed E-state index contributed by atoms with van der Waals surface area (Å²) in [6.07, 6.45) is 18.1. The molecule has 13 nitrogen and oxygen atoms in total. The average Bonchev–Trinajstić information content (AvgIpc) is 4.44. The van der Waals surface area contributed by atoms with Crippen LogP contribution < -0.4 is 5.43 Å². The second kappa shape index (κ2) is 16.9. The Labute approximate surface area is 449 Å². The van der Waals surface area contributed by atoms with Gasteiger partial charge in [0, 0.05) is 77.9 Å². The number of para-hydroxylation sites is 1. The van der Waals surface area contributed by atoms with Gasteiger partial charge >= 0.3 is 0 Å². The first-order valence-electron chi connectivity index (χ1n) is 26.5. The van der Waals surface area contributed by atoms with Gasteiger partial charge in [-0.2, -0.15) is 5.10 Å². The number of hydrazone groups is 1. The lowest BCUT2D eigenvalue weighted by molar-refractivity contribution is 0.365. The van der Waals surface area contributed by atoms with E-state index in [0.29, 0.717) is 6.42 Å². The highest BCUT2D eigenvalue weighted by Gasteiger charge is 2.35. The number of nitrogens with one attached hydrogen (secondary N) is 1. The van der Waals surface area contributed by atoms with Crippen LogP contribution in [0, 0.1) is 6.92 Å². The number of aromatic nitrogens is 9. The van der Waals surface area contributed by atoms with Gasteiger partial charge in [0.25, 0.3) is 0 Å². The van der Waals surface area contributed by atoms with E-state index in [2.05, 4.69) is 225 Å². The molecule has 78 heavy (non-hydrogen) atoms. The van der Waals surface area contributed by atoms with Crippen LogP contribution in [0.4, 0.5) is 0 Å². The Morgan fingerprint density at radius 2 is 1.54 bits per heavy atom. The monoisotopic (exact) mass is 1020 g/mol. The van der Waals surface area contributed by atoms with Crippen LogP contribution in [0.5, 0.6) is 0 Å². The van der Waals surface area contributed by atoms with Crippen molar-refractivity contribution in [2.24, 2.45) is 19.2 Å². The van der Waals surface area contributed by atoms with Gasteiger partial charge in [-0.1, -0.05) is 73.7 Å². The lowest BCUT2D eigenvalue weighted by atomic mass is 9.78. The number of aryl methyl sites for hydroxylation is 2. The predicted molar refractivity (Wildman–Crippen MR) is 312 cm³/mol. The summed E-state index contributed by atoms with van der Waals surface area (Å²) < 4.78 is 15.7. The minimum atomic E-state index is -0.450. The second-order valence-electron chi connectivity index (χ2n) is 21.8. The van der Waals surface area contributed by atoms with Crippen LogP contribution in [-0.2, 0) is 31.5 Å². The first-order chi connectivity index (χ1) is 38.0. The summed E-state index contributed by atoms with van der Waals surface area (Å²) in [4.78, 5) is 18.3. The molecule has 3 aliphatic rings. The molecule has 12 aromatic rings. The van der Waals surface area contributed by atoms with E-state index in [1.165, 1.54) is 11.3 Å². The maximum absolute atomic E-state index is 6.66. The summed E-state index contributed by atoms with van der Waals surface area (Å²) in [6, 6.07) is 48.1. The number of nitrogens with zero attached hydrogens (tertiary/aromatic N) is 11. The summed E-state index contributed by atoms with van der Waals surface area (Å²) in [7, 11) is 6.14. The Morgan fingerprint density at radius 3 is 2.37 bits per heavy atom. The zero-order valence-corrected chi connectivity index (χ0v) is 44.1. The van der Waals surface area contributed by atoms with Crippen LogP contribution in [0.25, 0.3) is 106 Å². The summed E-state index contributed by atoms with van der Waals surface area (Å²) in [5.74, 6) is 1.70.